The Balaban J connectivity index is 1.20. The molecule has 1 N–H and O–H groups in total. The zero-order chi connectivity index (χ0) is 18.8. The number of amides is 1. The topological polar surface area (TPSA) is 71.0 Å². The standard InChI is InChI=1S/C19H19ClFN5O/c20-19-24-9-16(21)18(25-19)26-10-14-13(15(14)11-26)6-8-23-17(27)5-4-12-3-1-2-7-22-12/h1-5,7,9,13-15H,6,8,10-11H2,(H,23,27)/b5-4+. The number of nitrogens with zero attached hydrogens (tertiary/aromatic N) is 4. The Bertz CT molecular complexity index is 850. The van der Waals surface area contributed by atoms with E-state index in [9.17, 15) is 9.18 Å². The molecule has 0 bridgehead atoms. The fraction of sp³-hybridized carbons (Fsp3) is 0.368. The molecular weight excluding hydrogens is 369 g/mol. The van der Waals surface area contributed by atoms with E-state index in [1.54, 1.807) is 12.3 Å². The van der Waals surface area contributed by atoms with Gasteiger partial charge in [-0.15, -0.1) is 0 Å². The Morgan fingerprint density at radius 1 is 1.33 bits per heavy atom. The molecule has 1 saturated carbocycles. The Morgan fingerprint density at radius 3 is 2.89 bits per heavy atom. The quantitative estimate of drug-likeness (QED) is 0.609. The minimum atomic E-state index is -0.441. The zero-order valence-electron chi connectivity index (χ0n) is 14.6. The Morgan fingerprint density at radius 2 is 2.15 bits per heavy atom. The van der Waals surface area contributed by atoms with Crippen molar-refractivity contribution in [3.05, 3.63) is 53.5 Å². The van der Waals surface area contributed by atoms with Gasteiger partial charge < -0.3 is 10.2 Å². The number of pyridine rings is 1. The van der Waals surface area contributed by atoms with Crippen LogP contribution in [0.4, 0.5) is 10.2 Å². The monoisotopic (exact) mass is 387 g/mol. The number of hydrogen-bond donors (Lipinski definition) is 1. The van der Waals surface area contributed by atoms with E-state index < -0.39 is 5.82 Å². The lowest BCUT2D eigenvalue weighted by atomic mass is 10.2. The average molecular weight is 388 g/mol. The molecule has 3 heterocycles. The van der Waals surface area contributed by atoms with E-state index in [2.05, 4.69) is 20.3 Å². The lowest BCUT2D eigenvalue weighted by Gasteiger charge is -2.21. The summed E-state index contributed by atoms with van der Waals surface area (Å²) in [6.07, 6.45) is 6.92. The van der Waals surface area contributed by atoms with Crippen LogP contribution >= 0.6 is 11.6 Å². The van der Waals surface area contributed by atoms with Crippen molar-refractivity contribution in [3.63, 3.8) is 0 Å². The van der Waals surface area contributed by atoms with Gasteiger partial charge in [-0.25, -0.2) is 9.37 Å². The molecule has 2 atom stereocenters. The fourth-order valence-corrected chi connectivity index (χ4v) is 4.00. The highest BCUT2D eigenvalue weighted by Crippen LogP contribution is 2.54. The molecule has 1 aliphatic heterocycles. The zero-order valence-corrected chi connectivity index (χ0v) is 15.3. The summed E-state index contributed by atoms with van der Waals surface area (Å²) in [6, 6.07) is 5.55. The van der Waals surface area contributed by atoms with Crippen molar-refractivity contribution in [1.82, 2.24) is 20.3 Å². The third kappa shape index (κ3) is 4.08. The van der Waals surface area contributed by atoms with E-state index >= 15 is 0 Å². The number of rotatable bonds is 6. The second-order valence-electron chi connectivity index (χ2n) is 6.87. The van der Waals surface area contributed by atoms with Crippen LogP contribution in [0.15, 0.2) is 36.7 Å². The molecule has 1 aliphatic carbocycles. The molecule has 0 aromatic carbocycles. The van der Waals surface area contributed by atoms with E-state index in [1.165, 1.54) is 6.08 Å². The molecule has 0 spiro atoms. The Labute approximate surface area is 161 Å². The summed E-state index contributed by atoms with van der Waals surface area (Å²) in [6.45, 7) is 2.18. The van der Waals surface area contributed by atoms with Gasteiger partial charge in [-0.2, -0.15) is 4.98 Å². The Hall–Kier alpha value is -2.54. The van der Waals surface area contributed by atoms with E-state index in [4.69, 9.17) is 11.6 Å². The van der Waals surface area contributed by atoms with Gasteiger partial charge in [0, 0.05) is 31.9 Å². The van der Waals surface area contributed by atoms with Gasteiger partial charge >= 0.3 is 0 Å². The Kier molecular flexibility index (Phi) is 5.03. The van der Waals surface area contributed by atoms with Gasteiger partial charge in [-0.05, 0) is 54.0 Å². The van der Waals surface area contributed by atoms with Crippen molar-refractivity contribution in [3.8, 4) is 0 Å². The third-order valence-electron chi connectivity index (χ3n) is 5.24. The number of hydrogen-bond acceptors (Lipinski definition) is 5. The smallest absolute Gasteiger partial charge is 0.244 e. The van der Waals surface area contributed by atoms with Gasteiger partial charge in [0.25, 0.3) is 0 Å². The van der Waals surface area contributed by atoms with E-state index in [-0.39, 0.29) is 17.0 Å². The van der Waals surface area contributed by atoms with E-state index in [1.807, 2.05) is 23.1 Å². The largest absolute Gasteiger partial charge is 0.353 e. The van der Waals surface area contributed by atoms with Gasteiger partial charge in [0.2, 0.25) is 11.2 Å². The minimum Gasteiger partial charge on any atom is -0.353 e. The molecule has 0 radical (unpaired) electrons. The van der Waals surface area contributed by atoms with Crippen LogP contribution < -0.4 is 10.2 Å². The van der Waals surface area contributed by atoms with Crippen molar-refractivity contribution in [2.24, 2.45) is 17.8 Å². The van der Waals surface area contributed by atoms with Gasteiger partial charge in [-0.3, -0.25) is 9.78 Å². The molecule has 4 rings (SSSR count). The van der Waals surface area contributed by atoms with Crippen molar-refractivity contribution >= 4 is 29.4 Å². The molecule has 2 aromatic heterocycles. The van der Waals surface area contributed by atoms with Crippen molar-refractivity contribution in [2.45, 2.75) is 6.42 Å². The summed E-state index contributed by atoms with van der Waals surface area (Å²) in [7, 11) is 0. The van der Waals surface area contributed by atoms with Crippen LogP contribution in [0, 0.1) is 23.6 Å². The summed E-state index contributed by atoms with van der Waals surface area (Å²) in [5.41, 5.74) is 0.751. The molecule has 1 amide bonds. The maximum absolute atomic E-state index is 13.9. The normalized spacial score (nSPS) is 23.5. The number of fused-ring (bicyclic) bond motifs is 1. The predicted molar refractivity (Wildman–Crippen MR) is 101 cm³/mol. The SMILES string of the molecule is O=C(/C=C/c1ccccn1)NCCC1C2CN(c3nc(Cl)ncc3F)CC12. The van der Waals surface area contributed by atoms with Crippen LogP contribution in [0.3, 0.4) is 0 Å². The highest BCUT2D eigenvalue weighted by molar-refractivity contribution is 6.28. The van der Waals surface area contributed by atoms with Crippen LogP contribution in [0.25, 0.3) is 6.08 Å². The van der Waals surface area contributed by atoms with Crippen molar-refractivity contribution in [1.29, 1.82) is 0 Å². The molecule has 2 unspecified atom stereocenters. The van der Waals surface area contributed by atoms with Crippen molar-refractivity contribution < 1.29 is 9.18 Å². The highest BCUT2D eigenvalue weighted by Gasteiger charge is 2.55. The van der Waals surface area contributed by atoms with Gasteiger partial charge in [-0.1, -0.05) is 6.07 Å². The molecule has 1 saturated heterocycles. The van der Waals surface area contributed by atoms with Gasteiger partial charge in [0.05, 0.1) is 11.9 Å². The minimum absolute atomic E-state index is 0.0602. The van der Waals surface area contributed by atoms with Crippen LogP contribution in [-0.4, -0.2) is 40.5 Å². The number of aromatic nitrogens is 3. The summed E-state index contributed by atoms with van der Waals surface area (Å²) in [4.78, 5) is 25.6. The average Bonchev–Trinajstić information content (AvgIpc) is 3.12. The summed E-state index contributed by atoms with van der Waals surface area (Å²) in [5, 5.41) is 2.97. The van der Waals surface area contributed by atoms with Gasteiger partial charge in [0.1, 0.15) is 0 Å². The first-order valence-electron chi connectivity index (χ1n) is 8.92. The maximum Gasteiger partial charge on any atom is 0.244 e. The molecule has 2 aromatic rings. The second kappa shape index (κ2) is 7.60. The number of nitrogens with one attached hydrogen (secondary N) is 1. The third-order valence-corrected chi connectivity index (χ3v) is 5.42. The summed E-state index contributed by atoms with van der Waals surface area (Å²) >= 11 is 5.77. The number of piperidine rings is 1. The second-order valence-corrected chi connectivity index (χ2v) is 7.21. The molecule has 2 fully saturated rings. The van der Waals surface area contributed by atoms with E-state index in [0.29, 0.717) is 24.3 Å². The first-order chi connectivity index (χ1) is 13.1. The summed E-state index contributed by atoms with van der Waals surface area (Å²) in [5.74, 6) is 1.35. The lowest BCUT2D eigenvalue weighted by Crippen LogP contribution is -2.28. The van der Waals surface area contributed by atoms with Crippen LogP contribution in [0.5, 0.6) is 0 Å². The van der Waals surface area contributed by atoms with Crippen LogP contribution in [-0.2, 0) is 4.79 Å². The van der Waals surface area contributed by atoms with Gasteiger partial charge in [0.15, 0.2) is 11.6 Å². The predicted octanol–water partition coefficient (Wildman–Crippen LogP) is 2.57. The molecule has 6 nitrogen and oxygen atoms in total. The molecule has 27 heavy (non-hydrogen) atoms. The first kappa shape index (κ1) is 17.9. The summed E-state index contributed by atoms with van der Waals surface area (Å²) < 4.78 is 13.9. The number of carbonyl (C=O) groups excluding carboxylic acids is 1. The number of halogens is 2. The number of anilines is 1. The lowest BCUT2D eigenvalue weighted by molar-refractivity contribution is -0.116. The number of carbonyl (C=O) groups is 1. The van der Waals surface area contributed by atoms with Crippen LogP contribution in [0.1, 0.15) is 12.1 Å². The highest BCUT2D eigenvalue weighted by atomic mass is 35.5. The molecule has 140 valence electrons. The molecule has 2 aliphatic rings. The first-order valence-corrected chi connectivity index (χ1v) is 9.29. The van der Waals surface area contributed by atoms with Crippen LogP contribution in [0.2, 0.25) is 5.28 Å². The van der Waals surface area contributed by atoms with Crippen molar-refractivity contribution in [2.75, 3.05) is 24.5 Å². The fourth-order valence-electron chi connectivity index (χ4n) is 3.87. The molecular formula is C19H19ClFN5O. The van der Waals surface area contributed by atoms with E-state index in [0.717, 1.165) is 31.4 Å². The molecule has 8 heteroatoms. The maximum atomic E-state index is 13.9.